The van der Waals surface area contributed by atoms with Crippen LogP contribution in [0.2, 0.25) is 5.02 Å². The molecular formula is C22H16ClN5OS2. The lowest BCUT2D eigenvalue weighted by Gasteiger charge is -2.08. The Morgan fingerprint density at radius 3 is 2.68 bits per heavy atom. The molecule has 0 saturated heterocycles. The van der Waals surface area contributed by atoms with E-state index >= 15 is 0 Å². The van der Waals surface area contributed by atoms with Crippen molar-refractivity contribution in [3.63, 3.8) is 0 Å². The molecule has 0 radical (unpaired) electrons. The maximum Gasteiger partial charge on any atom is 0.228 e. The van der Waals surface area contributed by atoms with Crippen LogP contribution >= 0.6 is 34.5 Å². The van der Waals surface area contributed by atoms with Gasteiger partial charge in [0, 0.05) is 29.0 Å². The first kappa shape index (κ1) is 19.9. The lowest BCUT2D eigenvalue weighted by Crippen LogP contribution is -2.06. The highest BCUT2D eigenvalue weighted by Gasteiger charge is 2.13. The van der Waals surface area contributed by atoms with Gasteiger partial charge in [0.1, 0.15) is 28.4 Å². The third-order valence-electron chi connectivity index (χ3n) is 4.67. The molecule has 31 heavy (non-hydrogen) atoms. The summed E-state index contributed by atoms with van der Waals surface area (Å²) in [5.41, 5.74) is 2.92. The van der Waals surface area contributed by atoms with Gasteiger partial charge < -0.3 is 10.1 Å². The lowest BCUT2D eigenvalue weighted by molar-refractivity contribution is 0.497. The molecule has 3 heterocycles. The van der Waals surface area contributed by atoms with E-state index in [0.29, 0.717) is 10.1 Å². The van der Waals surface area contributed by atoms with Crippen LogP contribution in [0.4, 0.5) is 5.82 Å². The van der Waals surface area contributed by atoms with E-state index in [1.165, 1.54) is 28.4 Å². The van der Waals surface area contributed by atoms with Crippen molar-refractivity contribution in [1.29, 1.82) is 0 Å². The highest BCUT2D eigenvalue weighted by atomic mass is 35.5. The summed E-state index contributed by atoms with van der Waals surface area (Å²) in [6, 6.07) is 17.9. The molecule has 9 heteroatoms. The van der Waals surface area contributed by atoms with Crippen molar-refractivity contribution in [2.75, 3.05) is 11.9 Å². The van der Waals surface area contributed by atoms with Gasteiger partial charge >= 0.3 is 0 Å². The van der Waals surface area contributed by atoms with Crippen LogP contribution in [0, 0.1) is 0 Å². The number of anilines is 1. The molecule has 154 valence electrons. The summed E-state index contributed by atoms with van der Waals surface area (Å²) in [7, 11) is 0. The first-order valence-electron chi connectivity index (χ1n) is 9.54. The molecule has 3 aromatic heterocycles. The molecule has 0 spiro atoms. The zero-order chi connectivity index (χ0) is 21.0. The summed E-state index contributed by atoms with van der Waals surface area (Å²) in [4.78, 5) is 9.47. The normalized spacial score (nSPS) is 11.0. The average molecular weight is 466 g/mol. The number of nitrogens with one attached hydrogen (secondary N) is 1. The van der Waals surface area contributed by atoms with Crippen LogP contribution in [0.15, 0.2) is 66.3 Å². The second-order valence-electron chi connectivity index (χ2n) is 6.68. The molecule has 6 nitrogen and oxygen atoms in total. The molecule has 0 unspecified atom stereocenters. The molecule has 0 aliphatic rings. The fourth-order valence-corrected chi connectivity index (χ4v) is 4.86. The van der Waals surface area contributed by atoms with Gasteiger partial charge in [-0.25, -0.2) is 9.97 Å². The largest absolute Gasteiger partial charge is 0.443 e. The van der Waals surface area contributed by atoms with Gasteiger partial charge in [-0.3, -0.25) is 0 Å². The van der Waals surface area contributed by atoms with E-state index in [-0.39, 0.29) is 0 Å². The van der Waals surface area contributed by atoms with Crippen molar-refractivity contribution in [2.24, 2.45) is 0 Å². The Balaban J connectivity index is 1.22. The fourth-order valence-electron chi connectivity index (χ4n) is 3.15. The number of nitrogens with zero attached hydrogens (tertiary/aromatic N) is 4. The number of halogens is 1. The minimum Gasteiger partial charge on any atom is -0.443 e. The van der Waals surface area contributed by atoms with Crippen LogP contribution in [0.1, 0.15) is 5.56 Å². The van der Waals surface area contributed by atoms with Crippen LogP contribution in [0.5, 0.6) is 10.8 Å². The first-order chi connectivity index (χ1) is 15.3. The van der Waals surface area contributed by atoms with E-state index in [1.807, 2.05) is 47.8 Å². The molecule has 1 N–H and O–H groups in total. The maximum absolute atomic E-state index is 6.27. The number of ether oxygens (including phenoxy) is 1. The SMILES string of the molecule is Clc1csc2ncnc(NCCc3ccc(Oc4snnc4-c4ccccc4)cc3)c12. The third kappa shape index (κ3) is 4.36. The van der Waals surface area contributed by atoms with Gasteiger partial charge in [0.25, 0.3) is 0 Å². The van der Waals surface area contributed by atoms with Crippen molar-refractivity contribution in [3.8, 4) is 22.1 Å². The van der Waals surface area contributed by atoms with Gasteiger partial charge in [-0.2, -0.15) is 0 Å². The minimum absolute atomic E-state index is 0.678. The zero-order valence-electron chi connectivity index (χ0n) is 16.2. The molecular weight excluding hydrogens is 450 g/mol. The van der Waals surface area contributed by atoms with Gasteiger partial charge in [0.15, 0.2) is 0 Å². The molecule has 0 bridgehead atoms. The Hall–Kier alpha value is -3.07. The van der Waals surface area contributed by atoms with Crippen molar-refractivity contribution in [2.45, 2.75) is 6.42 Å². The average Bonchev–Trinajstić information content (AvgIpc) is 3.43. The number of rotatable bonds is 7. The van der Waals surface area contributed by atoms with Crippen molar-refractivity contribution in [1.82, 2.24) is 19.6 Å². The van der Waals surface area contributed by atoms with E-state index in [0.717, 1.165) is 46.0 Å². The van der Waals surface area contributed by atoms with Crippen LogP contribution in [0.3, 0.4) is 0 Å². The van der Waals surface area contributed by atoms with Crippen molar-refractivity contribution >= 4 is 50.5 Å². The van der Waals surface area contributed by atoms with Gasteiger partial charge in [0.05, 0.1) is 10.4 Å². The van der Waals surface area contributed by atoms with Crippen molar-refractivity contribution < 1.29 is 4.74 Å². The predicted molar refractivity (Wildman–Crippen MR) is 126 cm³/mol. The number of fused-ring (bicyclic) bond motifs is 1. The number of hydrogen-bond donors (Lipinski definition) is 1. The van der Waals surface area contributed by atoms with Crippen LogP contribution in [-0.2, 0) is 6.42 Å². The molecule has 5 aromatic rings. The number of thiophene rings is 1. The number of aromatic nitrogens is 4. The summed E-state index contributed by atoms with van der Waals surface area (Å²) in [6.07, 6.45) is 2.40. The Morgan fingerprint density at radius 2 is 1.84 bits per heavy atom. The summed E-state index contributed by atoms with van der Waals surface area (Å²) < 4.78 is 10.1. The van der Waals surface area contributed by atoms with E-state index in [4.69, 9.17) is 16.3 Å². The lowest BCUT2D eigenvalue weighted by atomic mass is 10.1. The molecule has 0 aliphatic heterocycles. The molecule has 2 aromatic carbocycles. The summed E-state index contributed by atoms with van der Waals surface area (Å²) in [5, 5.41) is 11.7. The smallest absolute Gasteiger partial charge is 0.228 e. The summed E-state index contributed by atoms with van der Waals surface area (Å²) in [5.74, 6) is 1.52. The van der Waals surface area contributed by atoms with Crippen LogP contribution in [0.25, 0.3) is 21.5 Å². The van der Waals surface area contributed by atoms with Crippen LogP contribution < -0.4 is 10.1 Å². The van der Waals surface area contributed by atoms with E-state index in [9.17, 15) is 0 Å². The van der Waals surface area contributed by atoms with E-state index in [2.05, 4.69) is 37.0 Å². The second-order valence-corrected chi connectivity index (χ2v) is 8.67. The topological polar surface area (TPSA) is 72.8 Å². The zero-order valence-corrected chi connectivity index (χ0v) is 18.5. The molecule has 0 fully saturated rings. The second kappa shape index (κ2) is 8.97. The molecule has 0 aliphatic carbocycles. The monoisotopic (exact) mass is 465 g/mol. The van der Waals surface area contributed by atoms with Crippen molar-refractivity contribution in [3.05, 3.63) is 76.9 Å². The van der Waals surface area contributed by atoms with Gasteiger partial charge in [-0.15, -0.1) is 16.4 Å². The quantitative estimate of drug-likeness (QED) is 0.303. The standard InChI is InChI=1S/C22H16ClN5OS2/c23-17-12-30-21-18(17)20(25-13-26-21)24-11-10-14-6-8-16(9-7-14)29-22-19(27-28-31-22)15-4-2-1-3-5-15/h1-9,12-13H,10-11H2,(H,24,25,26). The first-order valence-corrected chi connectivity index (χ1v) is 11.6. The molecule has 0 saturated carbocycles. The Labute approximate surface area is 191 Å². The predicted octanol–water partition coefficient (Wildman–Crippen LogP) is 6.31. The third-order valence-corrected chi connectivity index (χ3v) is 6.59. The maximum atomic E-state index is 6.27. The highest BCUT2D eigenvalue weighted by Crippen LogP contribution is 2.35. The van der Waals surface area contributed by atoms with Crippen LogP contribution in [-0.4, -0.2) is 26.1 Å². The minimum atomic E-state index is 0.678. The summed E-state index contributed by atoms with van der Waals surface area (Å²) >= 11 is 9.03. The highest BCUT2D eigenvalue weighted by molar-refractivity contribution is 7.17. The molecule has 5 rings (SSSR count). The molecule has 0 atom stereocenters. The number of benzene rings is 2. The Kier molecular flexibility index (Phi) is 5.75. The van der Waals surface area contributed by atoms with Gasteiger partial charge in [0.2, 0.25) is 5.06 Å². The molecule has 0 amide bonds. The number of hydrogen-bond acceptors (Lipinski definition) is 8. The summed E-state index contributed by atoms with van der Waals surface area (Å²) in [6.45, 7) is 0.732. The van der Waals surface area contributed by atoms with Gasteiger partial charge in [-0.05, 0) is 24.1 Å². The Morgan fingerprint density at radius 1 is 1.00 bits per heavy atom. The van der Waals surface area contributed by atoms with E-state index < -0.39 is 0 Å². The Bertz CT molecular complexity index is 1300. The van der Waals surface area contributed by atoms with Gasteiger partial charge in [-0.1, -0.05) is 58.6 Å². The van der Waals surface area contributed by atoms with E-state index in [1.54, 1.807) is 6.33 Å². The fraction of sp³-hybridized carbons (Fsp3) is 0.0909.